The summed E-state index contributed by atoms with van der Waals surface area (Å²) in [6.07, 6.45) is 1.06. The number of fused-ring (bicyclic) bond motifs is 4. The lowest BCUT2D eigenvalue weighted by atomic mass is 9.78. The van der Waals surface area contributed by atoms with Gasteiger partial charge in [0.2, 0.25) is 5.91 Å². The Morgan fingerprint density at radius 1 is 1.20 bits per heavy atom. The van der Waals surface area contributed by atoms with Crippen molar-refractivity contribution in [2.24, 2.45) is 5.92 Å². The first-order valence-electron chi connectivity index (χ1n) is 10.8. The highest BCUT2D eigenvalue weighted by Crippen LogP contribution is 2.40. The van der Waals surface area contributed by atoms with Gasteiger partial charge in [-0.05, 0) is 43.9 Å². The number of nitrogens with zero attached hydrogens (tertiary/aromatic N) is 2. The van der Waals surface area contributed by atoms with Crippen molar-refractivity contribution in [1.82, 2.24) is 14.8 Å². The Morgan fingerprint density at radius 2 is 2.03 bits per heavy atom. The summed E-state index contributed by atoms with van der Waals surface area (Å²) in [5, 5.41) is 2.93. The standard InChI is InChI=1S/C24H31N3O3/c1-16-7-8-23(17(2)11-16)30-10-9-26-14-19-12-20(15-26)22(13-25-18(3)28)27-21(19)5-4-6-24(27)29/h4-8,11,19-20,22H,9-10,12-15H2,1-3H3,(H,25,28)/t19-,20+,22+/m1/s1. The van der Waals surface area contributed by atoms with Gasteiger partial charge >= 0.3 is 0 Å². The molecule has 1 saturated heterocycles. The number of carbonyl (C=O) groups is 1. The molecule has 0 aliphatic carbocycles. The summed E-state index contributed by atoms with van der Waals surface area (Å²) >= 11 is 0. The fourth-order valence-electron chi connectivity index (χ4n) is 5.08. The lowest BCUT2D eigenvalue weighted by Crippen LogP contribution is -2.52. The van der Waals surface area contributed by atoms with Gasteiger partial charge in [-0.2, -0.15) is 0 Å². The molecule has 1 amide bonds. The topological polar surface area (TPSA) is 63.6 Å². The van der Waals surface area contributed by atoms with Crippen molar-refractivity contribution in [1.29, 1.82) is 0 Å². The van der Waals surface area contributed by atoms with E-state index in [0.717, 1.165) is 43.1 Å². The van der Waals surface area contributed by atoms with Crippen LogP contribution in [-0.4, -0.2) is 48.2 Å². The molecule has 3 atom stereocenters. The molecule has 1 aromatic heterocycles. The van der Waals surface area contributed by atoms with Crippen molar-refractivity contribution < 1.29 is 9.53 Å². The lowest BCUT2D eigenvalue weighted by molar-refractivity contribution is -0.119. The molecular formula is C24H31N3O3. The molecule has 0 radical (unpaired) electrons. The number of aryl methyl sites for hydroxylation is 2. The smallest absolute Gasteiger partial charge is 0.251 e. The number of nitrogens with one attached hydrogen (secondary N) is 1. The average Bonchev–Trinajstić information content (AvgIpc) is 2.70. The zero-order valence-electron chi connectivity index (χ0n) is 18.1. The van der Waals surface area contributed by atoms with Crippen molar-refractivity contribution in [3.05, 3.63) is 63.6 Å². The molecular weight excluding hydrogens is 378 g/mol. The first kappa shape index (κ1) is 20.7. The number of rotatable bonds is 6. The third-order valence-corrected chi connectivity index (χ3v) is 6.43. The summed E-state index contributed by atoms with van der Waals surface area (Å²) in [6.45, 7) is 9.53. The maximum atomic E-state index is 12.6. The van der Waals surface area contributed by atoms with Crippen molar-refractivity contribution in [3.63, 3.8) is 0 Å². The Labute approximate surface area is 177 Å². The molecule has 0 unspecified atom stereocenters. The van der Waals surface area contributed by atoms with Crippen LogP contribution < -0.4 is 15.6 Å². The predicted octanol–water partition coefficient (Wildman–Crippen LogP) is 2.64. The molecule has 2 aromatic rings. The predicted molar refractivity (Wildman–Crippen MR) is 117 cm³/mol. The molecule has 1 fully saturated rings. The minimum Gasteiger partial charge on any atom is -0.492 e. The van der Waals surface area contributed by atoms with Crippen molar-refractivity contribution in [3.8, 4) is 5.75 Å². The number of amides is 1. The maximum absolute atomic E-state index is 12.6. The van der Waals surface area contributed by atoms with Crippen LogP contribution in [0.3, 0.4) is 0 Å². The zero-order valence-corrected chi connectivity index (χ0v) is 18.1. The van der Waals surface area contributed by atoms with E-state index in [1.165, 1.54) is 12.5 Å². The minimum absolute atomic E-state index is 0.00286. The average molecular weight is 410 g/mol. The van der Waals surface area contributed by atoms with Gasteiger partial charge in [0.1, 0.15) is 12.4 Å². The number of carbonyl (C=O) groups excluding carboxylic acids is 1. The van der Waals surface area contributed by atoms with E-state index in [1.807, 2.05) is 16.7 Å². The van der Waals surface area contributed by atoms with Gasteiger partial charge in [0, 0.05) is 50.8 Å². The Balaban J connectivity index is 1.47. The largest absolute Gasteiger partial charge is 0.492 e. The van der Waals surface area contributed by atoms with E-state index in [0.29, 0.717) is 25.0 Å². The van der Waals surface area contributed by atoms with Gasteiger partial charge in [0.15, 0.2) is 0 Å². The van der Waals surface area contributed by atoms with E-state index in [2.05, 4.69) is 42.3 Å². The van der Waals surface area contributed by atoms with E-state index in [4.69, 9.17) is 4.74 Å². The van der Waals surface area contributed by atoms with Crippen LogP contribution in [0.4, 0.5) is 0 Å². The molecule has 1 N–H and O–H groups in total. The van der Waals surface area contributed by atoms with Crippen LogP contribution in [0.1, 0.15) is 42.1 Å². The Morgan fingerprint density at radius 3 is 2.80 bits per heavy atom. The summed E-state index contributed by atoms with van der Waals surface area (Å²) in [6, 6.07) is 11.8. The van der Waals surface area contributed by atoms with E-state index < -0.39 is 0 Å². The number of piperidine rings is 1. The second kappa shape index (κ2) is 8.64. The van der Waals surface area contributed by atoms with Gasteiger partial charge in [-0.25, -0.2) is 0 Å². The van der Waals surface area contributed by atoms with Gasteiger partial charge in [-0.15, -0.1) is 0 Å². The number of hydrogen-bond donors (Lipinski definition) is 1. The second-order valence-corrected chi connectivity index (χ2v) is 8.73. The van der Waals surface area contributed by atoms with Gasteiger partial charge in [-0.3, -0.25) is 14.5 Å². The van der Waals surface area contributed by atoms with E-state index in [-0.39, 0.29) is 17.5 Å². The van der Waals surface area contributed by atoms with E-state index in [1.54, 1.807) is 6.07 Å². The lowest BCUT2D eigenvalue weighted by Gasteiger charge is -2.47. The van der Waals surface area contributed by atoms with E-state index >= 15 is 0 Å². The Kier molecular flexibility index (Phi) is 5.95. The van der Waals surface area contributed by atoms with Gasteiger partial charge in [0.05, 0.1) is 6.04 Å². The van der Waals surface area contributed by atoms with Gasteiger partial charge in [-0.1, -0.05) is 23.8 Å². The first-order valence-corrected chi connectivity index (χ1v) is 10.8. The summed E-state index contributed by atoms with van der Waals surface area (Å²) in [4.78, 5) is 26.6. The van der Waals surface area contributed by atoms with Crippen molar-refractivity contribution in [2.75, 3.05) is 32.8 Å². The minimum atomic E-state index is -0.0582. The summed E-state index contributed by atoms with van der Waals surface area (Å²) in [5.41, 5.74) is 3.52. The van der Waals surface area contributed by atoms with Gasteiger partial charge in [0.25, 0.3) is 5.56 Å². The molecule has 0 spiro atoms. The number of hydrogen-bond acceptors (Lipinski definition) is 4. The number of aromatic nitrogens is 1. The molecule has 0 saturated carbocycles. The molecule has 1 aromatic carbocycles. The third-order valence-electron chi connectivity index (χ3n) is 6.43. The molecule has 2 bridgehead atoms. The number of pyridine rings is 1. The fourth-order valence-corrected chi connectivity index (χ4v) is 5.08. The highest BCUT2D eigenvalue weighted by atomic mass is 16.5. The van der Waals surface area contributed by atoms with Crippen LogP contribution >= 0.6 is 0 Å². The number of ether oxygens (including phenoxy) is 1. The zero-order chi connectivity index (χ0) is 21.3. The first-order chi connectivity index (χ1) is 14.4. The molecule has 6 heteroatoms. The molecule has 30 heavy (non-hydrogen) atoms. The summed E-state index contributed by atoms with van der Waals surface area (Å²) < 4.78 is 7.99. The molecule has 160 valence electrons. The molecule has 2 aliphatic heterocycles. The molecule has 4 rings (SSSR count). The van der Waals surface area contributed by atoms with Crippen LogP contribution in [-0.2, 0) is 4.79 Å². The SMILES string of the molecule is CC(=O)NC[C@H]1[C@H]2C[C@H](CN(CCOc3ccc(C)cc3C)C2)c2cccc(=O)n21. The number of benzene rings is 1. The van der Waals surface area contributed by atoms with Crippen LogP contribution in [0.25, 0.3) is 0 Å². The quantitative estimate of drug-likeness (QED) is 0.797. The molecule has 3 heterocycles. The summed E-state index contributed by atoms with van der Waals surface area (Å²) in [5.74, 6) is 1.56. The fraction of sp³-hybridized carbons (Fsp3) is 0.500. The molecule has 6 nitrogen and oxygen atoms in total. The van der Waals surface area contributed by atoms with Crippen molar-refractivity contribution in [2.45, 2.75) is 39.2 Å². The second-order valence-electron chi connectivity index (χ2n) is 8.73. The maximum Gasteiger partial charge on any atom is 0.251 e. The Bertz CT molecular complexity index is 984. The third kappa shape index (κ3) is 4.29. The number of likely N-dealkylation sites (tertiary alicyclic amines) is 1. The van der Waals surface area contributed by atoms with Crippen LogP contribution in [0.15, 0.2) is 41.2 Å². The molecule has 2 aliphatic rings. The van der Waals surface area contributed by atoms with Crippen molar-refractivity contribution >= 4 is 5.91 Å². The van der Waals surface area contributed by atoms with Crippen LogP contribution in [0, 0.1) is 19.8 Å². The van der Waals surface area contributed by atoms with E-state index in [9.17, 15) is 9.59 Å². The highest BCUT2D eigenvalue weighted by Gasteiger charge is 2.40. The normalized spacial score (nSPS) is 23.0. The van der Waals surface area contributed by atoms with Gasteiger partial charge < -0.3 is 14.6 Å². The monoisotopic (exact) mass is 409 g/mol. The van der Waals surface area contributed by atoms with Crippen LogP contribution in [0.2, 0.25) is 0 Å². The highest BCUT2D eigenvalue weighted by molar-refractivity contribution is 5.72. The van der Waals surface area contributed by atoms with Crippen LogP contribution in [0.5, 0.6) is 5.75 Å². The Hall–Kier alpha value is -2.60. The summed E-state index contributed by atoms with van der Waals surface area (Å²) in [7, 11) is 0.